The number of carbonyl (C=O) groups is 1. The number of nitrogens with zero attached hydrogens (tertiary/aromatic N) is 3. The Morgan fingerprint density at radius 3 is 2.39 bits per heavy atom. The van der Waals surface area contributed by atoms with E-state index < -0.39 is 12.1 Å². The van der Waals surface area contributed by atoms with Gasteiger partial charge in [-0.2, -0.15) is 18.4 Å². The third kappa shape index (κ3) is 3.56. The second-order valence-electron chi connectivity index (χ2n) is 7.90. The van der Waals surface area contributed by atoms with E-state index in [1.807, 2.05) is 19.1 Å². The molecule has 1 fully saturated rings. The van der Waals surface area contributed by atoms with Crippen molar-refractivity contribution >= 4 is 22.5 Å². The van der Waals surface area contributed by atoms with Gasteiger partial charge in [0, 0.05) is 23.7 Å². The zero-order valence-electron chi connectivity index (χ0n) is 17.3. The lowest BCUT2D eigenvalue weighted by atomic mass is 9.92. The molecule has 0 aliphatic heterocycles. The Bertz CT molecular complexity index is 1180. The van der Waals surface area contributed by atoms with Gasteiger partial charge in [0.1, 0.15) is 6.07 Å². The highest BCUT2D eigenvalue weighted by Gasteiger charge is 2.42. The molecule has 0 N–H and O–H groups in total. The van der Waals surface area contributed by atoms with E-state index in [0.29, 0.717) is 16.5 Å². The van der Waals surface area contributed by atoms with Crippen molar-refractivity contribution < 1.29 is 18.0 Å². The van der Waals surface area contributed by atoms with E-state index in [9.17, 15) is 23.2 Å². The number of benzene rings is 2. The van der Waals surface area contributed by atoms with Gasteiger partial charge in [-0.3, -0.25) is 4.79 Å². The summed E-state index contributed by atoms with van der Waals surface area (Å²) in [5.74, 6) is -1.89. The average molecular weight is 425 g/mol. The fourth-order valence-electron chi connectivity index (χ4n) is 4.24. The van der Waals surface area contributed by atoms with Gasteiger partial charge >= 0.3 is 12.1 Å². The fourth-order valence-corrected chi connectivity index (χ4v) is 4.24. The van der Waals surface area contributed by atoms with E-state index in [1.165, 1.54) is 19.1 Å². The summed E-state index contributed by atoms with van der Waals surface area (Å²) in [7, 11) is 0. The summed E-state index contributed by atoms with van der Waals surface area (Å²) in [6.07, 6.45) is -1.76. The molecule has 1 aliphatic rings. The molecule has 0 saturated heterocycles. The molecule has 4 nitrogen and oxygen atoms in total. The van der Waals surface area contributed by atoms with Crippen molar-refractivity contribution in [1.29, 1.82) is 5.26 Å². The number of rotatable bonds is 4. The molecule has 0 unspecified atom stereocenters. The number of nitriles is 1. The maximum absolute atomic E-state index is 12.9. The smallest absolute Gasteiger partial charge is 0.336 e. The molecule has 1 aromatic heterocycles. The lowest BCUT2D eigenvalue weighted by Crippen LogP contribution is -2.41. The van der Waals surface area contributed by atoms with Crippen LogP contribution in [0.3, 0.4) is 0 Å². The van der Waals surface area contributed by atoms with Crippen LogP contribution >= 0.6 is 0 Å². The van der Waals surface area contributed by atoms with Crippen LogP contribution in [0.1, 0.15) is 43.4 Å². The van der Waals surface area contributed by atoms with Crippen molar-refractivity contribution in [3.8, 4) is 17.3 Å². The number of anilines is 1. The van der Waals surface area contributed by atoms with Gasteiger partial charge in [0.05, 0.1) is 16.8 Å². The van der Waals surface area contributed by atoms with Crippen LogP contribution in [0.15, 0.2) is 42.5 Å². The van der Waals surface area contributed by atoms with Crippen LogP contribution in [0.25, 0.3) is 22.2 Å². The van der Waals surface area contributed by atoms with Crippen LogP contribution in [0.5, 0.6) is 0 Å². The summed E-state index contributed by atoms with van der Waals surface area (Å²) in [6, 6.07) is 15.0. The van der Waals surface area contributed by atoms with E-state index in [2.05, 4.69) is 16.7 Å². The molecule has 160 valence electrons. The van der Waals surface area contributed by atoms with Crippen molar-refractivity contribution in [2.75, 3.05) is 11.4 Å². The predicted molar refractivity (Wildman–Crippen MR) is 114 cm³/mol. The third-order valence-electron chi connectivity index (χ3n) is 5.97. The second kappa shape index (κ2) is 7.77. The van der Waals surface area contributed by atoms with E-state index in [0.717, 1.165) is 47.0 Å². The van der Waals surface area contributed by atoms with Crippen molar-refractivity contribution in [3.05, 3.63) is 53.6 Å². The van der Waals surface area contributed by atoms with E-state index in [4.69, 9.17) is 0 Å². The molecule has 1 amide bonds. The predicted octanol–water partition coefficient (Wildman–Crippen LogP) is 6.13. The molecular formula is C24H22F3N3O. The molecule has 0 spiro atoms. The first kappa shape index (κ1) is 21.0. The molecule has 3 aromatic rings. The molecule has 1 heterocycles. The molecule has 4 rings (SSSR count). The SMILES string of the molecule is CCN(C(=O)C(F)(F)F)c1ccc(-c2c(C#N)c3ccc(C)cc3n2C2CCC2)cc1. The molecule has 1 aliphatic carbocycles. The lowest BCUT2D eigenvalue weighted by molar-refractivity contribution is -0.170. The van der Waals surface area contributed by atoms with Crippen LogP contribution in [0, 0.1) is 18.3 Å². The molecule has 1 saturated carbocycles. The average Bonchev–Trinajstić information content (AvgIpc) is 3.00. The number of fused-ring (bicyclic) bond motifs is 1. The van der Waals surface area contributed by atoms with Crippen LogP contribution in [0.2, 0.25) is 0 Å². The first-order chi connectivity index (χ1) is 14.8. The summed E-state index contributed by atoms with van der Waals surface area (Å²) >= 11 is 0. The van der Waals surface area contributed by atoms with Gasteiger partial charge < -0.3 is 9.47 Å². The summed E-state index contributed by atoms with van der Waals surface area (Å²) in [5.41, 5.74) is 4.37. The van der Waals surface area contributed by atoms with Crippen molar-refractivity contribution in [2.45, 2.75) is 45.3 Å². The van der Waals surface area contributed by atoms with Gasteiger partial charge in [-0.05, 0) is 62.4 Å². The Kier molecular flexibility index (Phi) is 5.26. The van der Waals surface area contributed by atoms with Crippen molar-refractivity contribution in [2.24, 2.45) is 0 Å². The van der Waals surface area contributed by atoms with Crippen molar-refractivity contribution in [1.82, 2.24) is 4.57 Å². The van der Waals surface area contributed by atoms with Crippen LogP contribution in [-0.2, 0) is 4.79 Å². The van der Waals surface area contributed by atoms with Crippen molar-refractivity contribution in [3.63, 3.8) is 0 Å². The highest BCUT2D eigenvalue weighted by Crippen LogP contribution is 2.43. The van der Waals surface area contributed by atoms with E-state index in [1.54, 1.807) is 12.1 Å². The van der Waals surface area contributed by atoms with Gasteiger partial charge in [-0.25, -0.2) is 0 Å². The number of hydrogen-bond acceptors (Lipinski definition) is 2. The highest BCUT2D eigenvalue weighted by molar-refractivity contribution is 5.98. The highest BCUT2D eigenvalue weighted by atomic mass is 19.4. The zero-order chi connectivity index (χ0) is 22.3. The third-order valence-corrected chi connectivity index (χ3v) is 5.97. The number of alkyl halides is 3. The van der Waals surface area contributed by atoms with Gasteiger partial charge in [-0.15, -0.1) is 0 Å². The second-order valence-corrected chi connectivity index (χ2v) is 7.90. The van der Waals surface area contributed by atoms with Crippen LogP contribution in [-0.4, -0.2) is 23.2 Å². The zero-order valence-corrected chi connectivity index (χ0v) is 17.3. The Morgan fingerprint density at radius 2 is 1.87 bits per heavy atom. The Hall–Kier alpha value is -3.27. The largest absolute Gasteiger partial charge is 0.471 e. The van der Waals surface area contributed by atoms with E-state index >= 15 is 0 Å². The maximum Gasteiger partial charge on any atom is 0.471 e. The Balaban J connectivity index is 1.84. The number of aromatic nitrogens is 1. The molecule has 0 bridgehead atoms. The summed E-state index contributed by atoms with van der Waals surface area (Å²) in [4.78, 5) is 12.5. The van der Waals surface area contributed by atoms with Gasteiger partial charge in [0.15, 0.2) is 0 Å². The van der Waals surface area contributed by atoms with Crippen LogP contribution in [0.4, 0.5) is 18.9 Å². The molecular weight excluding hydrogens is 403 g/mol. The summed E-state index contributed by atoms with van der Waals surface area (Å²) in [6.45, 7) is 3.42. The monoisotopic (exact) mass is 425 g/mol. The summed E-state index contributed by atoms with van der Waals surface area (Å²) in [5, 5.41) is 10.8. The number of aryl methyl sites for hydroxylation is 1. The number of halogens is 3. The first-order valence-electron chi connectivity index (χ1n) is 10.3. The number of hydrogen-bond donors (Lipinski definition) is 0. The molecule has 2 aromatic carbocycles. The maximum atomic E-state index is 12.9. The molecule has 31 heavy (non-hydrogen) atoms. The fraction of sp³-hybridized carbons (Fsp3) is 0.333. The number of carbonyl (C=O) groups excluding carboxylic acids is 1. The topological polar surface area (TPSA) is 49.0 Å². The minimum Gasteiger partial charge on any atom is -0.336 e. The standard InChI is InChI=1S/C24H22F3N3O/c1-3-29(23(31)24(25,26)27)17-10-8-16(9-11-17)22-20(14-28)19-12-7-15(2)13-21(19)30(22)18-5-4-6-18/h7-13,18H,3-6H2,1-2H3. The quantitative estimate of drug-likeness (QED) is 0.505. The minimum atomic E-state index is -4.93. The van der Waals surface area contributed by atoms with Crippen LogP contribution < -0.4 is 4.90 Å². The van der Waals surface area contributed by atoms with E-state index in [-0.39, 0.29) is 12.2 Å². The normalized spacial score (nSPS) is 14.3. The Labute approximate surface area is 178 Å². The summed E-state index contributed by atoms with van der Waals surface area (Å²) < 4.78 is 41.0. The van der Waals surface area contributed by atoms with Gasteiger partial charge in [0.2, 0.25) is 0 Å². The van der Waals surface area contributed by atoms with Gasteiger partial charge in [0.25, 0.3) is 0 Å². The minimum absolute atomic E-state index is 0.0945. The Morgan fingerprint density at radius 1 is 1.19 bits per heavy atom. The first-order valence-corrected chi connectivity index (χ1v) is 10.3. The molecule has 0 radical (unpaired) electrons. The van der Waals surface area contributed by atoms with Gasteiger partial charge in [-0.1, -0.05) is 24.3 Å². The number of amides is 1. The molecule has 7 heteroatoms. The lowest BCUT2D eigenvalue weighted by Gasteiger charge is -2.30. The molecule has 0 atom stereocenters.